The molecule has 3 nitrogen and oxygen atoms in total. The van der Waals surface area contributed by atoms with E-state index in [4.69, 9.17) is 11.1 Å². The molecule has 2 aromatic carbocycles. The van der Waals surface area contributed by atoms with Crippen LogP contribution in [0.25, 0.3) is 16.9 Å². The van der Waals surface area contributed by atoms with E-state index in [0.717, 1.165) is 22.5 Å². The number of nitrogens with one attached hydrogen (secondary N) is 1. The molecular formula is C16H15N3S. The van der Waals surface area contributed by atoms with Gasteiger partial charge in [-0.1, -0.05) is 36.4 Å². The van der Waals surface area contributed by atoms with Crippen molar-refractivity contribution in [2.45, 2.75) is 6.92 Å². The van der Waals surface area contributed by atoms with E-state index >= 15 is 0 Å². The molecule has 1 aromatic heterocycles. The highest BCUT2D eigenvalue weighted by molar-refractivity contribution is 7.07. The lowest BCUT2D eigenvalue weighted by molar-refractivity contribution is 0.988. The van der Waals surface area contributed by atoms with Crippen LogP contribution >= 0.6 is 11.3 Å². The number of nitrogen functional groups attached to an aromatic ring is 1. The van der Waals surface area contributed by atoms with Crippen LogP contribution < -0.4 is 10.5 Å². The molecule has 0 amide bonds. The normalized spacial score (nSPS) is 10.7. The molecule has 4 heteroatoms. The predicted octanol–water partition coefficient (Wildman–Crippen LogP) is 3.58. The van der Waals surface area contributed by atoms with Crippen LogP contribution in [-0.4, -0.2) is 4.57 Å². The maximum atomic E-state index is 8.15. The van der Waals surface area contributed by atoms with E-state index in [9.17, 15) is 0 Å². The van der Waals surface area contributed by atoms with E-state index in [1.807, 2.05) is 65.4 Å². The van der Waals surface area contributed by atoms with Gasteiger partial charge in [-0.05, 0) is 30.2 Å². The smallest absolute Gasteiger partial charge is 0.187 e. The molecule has 3 rings (SSSR count). The molecule has 0 bridgehead atoms. The van der Waals surface area contributed by atoms with Crippen LogP contribution in [0.3, 0.4) is 0 Å². The SMILES string of the molecule is Cc1ccc(-n2c(-c3ccccc3)csc2=N)c(N)c1. The fraction of sp³-hybridized carbons (Fsp3) is 0.0625. The molecule has 0 atom stereocenters. The number of nitrogens with two attached hydrogens (primary N) is 1. The first kappa shape index (κ1) is 12.7. The average molecular weight is 281 g/mol. The van der Waals surface area contributed by atoms with Gasteiger partial charge in [0, 0.05) is 5.38 Å². The molecule has 1 heterocycles. The Morgan fingerprint density at radius 1 is 1.10 bits per heavy atom. The number of hydrogen-bond acceptors (Lipinski definition) is 3. The van der Waals surface area contributed by atoms with Crippen molar-refractivity contribution < 1.29 is 0 Å². The zero-order valence-electron chi connectivity index (χ0n) is 11.1. The second-order valence-electron chi connectivity index (χ2n) is 4.69. The lowest BCUT2D eigenvalue weighted by Crippen LogP contribution is -2.14. The van der Waals surface area contributed by atoms with Crippen LogP contribution in [-0.2, 0) is 0 Å². The Hall–Kier alpha value is -2.33. The number of nitrogens with zero attached hydrogens (tertiary/aromatic N) is 1. The third kappa shape index (κ3) is 2.14. The van der Waals surface area contributed by atoms with Gasteiger partial charge in [-0.15, -0.1) is 11.3 Å². The summed E-state index contributed by atoms with van der Waals surface area (Å²) in [4.78, 5) is 0.472. The highest BCUT2D eigenvalue weighted by atomic mass is 32.1. The lowest BCUT2D eigenvalue weighted by Gasteiger charge is -2.12. The van der Waals surface area contributed by atoms with E-state index < -0.39 is 0 Å². The monoisotopic (exact) mass is 281 g/mol. The first-order chi connectivity index (χ1) is 9.66. The van der Waals surface area contributed by atoms with Crippen molar-refractivity contribution in [2.75, 3.05) is 5.73 Å². The molecule has 100 valence electrons. The number of rotatable bonds is 2. The van der Waals surface area contributed by atoms with Crippen molar-refractivity contribution in [3.05, 3.63) is 64.3 Å². The molecule has 0 aliphatic carbocycles. The molecule has 0 radical (unpaired) electrons. The van der Waals surface area contributed by atoms with Gasteiger partial charge in [-0.2, -0.15) is 0 Å². The summed E-state index contributed by atoms with van der Waals surface area (Å²) in [7, 11) is 0. The number of aromatic nitrogens is 1. The third-order valence-corrected chi connectivity index (χ3v) is 3.97. The van der Waals surface area contributed by atoms with Gasteiger partial charge in [-0.25, -0.2) is 0 Å². The van der Waals surface area contributed by atoms with Crippen molar-refractivity contribution in [1.29, 1.82) is 5.41 Å². The van der Waals surface area contributed by atoms with Crippen molar-refractivity contribution in [3.63, 3.8) is 0 Å². The third-order valence-electron chi connectivity index (χ3n) is 3.22. The van der Waals surface area contributed by atoms with Crippen molar-refractivity contribution in [3.8, 4) is 16.9 Å². The second kappa shape index (κ2) is 4.98. The van der Waals surface area contributed by atoms with Crippen LogP contribution in [0.15, 0.2) is 53.9 Å². The largest absolute Gasteiger partial charge is 0.397 e. The number of hydrogen-bond donors (Lipinski definition) is 2. The minimum atomic E-state index is 0.472. The van der Waals surface area contributed by atoms with E-state index in [1.165, 1.54) is 11.3 Å². The molecule has 0 saturated carbocycles. The molecule has 0 spiro atoms. The number of aryl methyl sites for hydroxylation is 1. The average Bonchev–Trinajstić information content (AvgIpc) is 2.82. The molecule has 3 N–H and O–H groups in total. The van der Waals surface area contributed by atoms with Gasteiger partial charge < -0.3 is 5.73 Å². The zero-order chi connectivity index (χ0) is 14.1. The summed E-state index contributed by atoms with van der Waals surface area (Å²) in [6.07, 6.45) is 0. The molecule has 0 aliphatic rings. The van der Waals surface area contributed by atoms with Crippen LogP contribution in [0.4, 0.5) is 5.69 Å². The number of anilines is 1. The second-order valence-corrected chi connectivity index (χ2v) is 5.55. The van der Waals surface area contributed by atoms with Gasteiger partial charge in [0.05, 0.1) is 17.1 Å². The Bertz CT molecular complexity index is 800. The van der Waals surface area contributed by atoms with Gasteiger partial charge in [0.2, 0.25) is 0 Å². The summed E-state index contributed by atoms with van der Waals surface area (Å²) in [5.74, 6) is 0. The minimum absolute atomic E-state index is 0.472. The summed E-state index contributed by atoms with van der Waals surface area (Å²) < 4.78 is 1.90. The van der Waals surface area contributed by atoms with E-state index in [0.29, 0.717) is 10.5 Å². The fourth-order valence-electron chi connectivity index (χ4n) is 2.25. The quantitative estimate of drug-likeness (QED) is 0.693. The highest BCUT2D eigenvalue weighted by Gasteiger charge is 2.11. The molecule has 0 aliphatic heterocycles. The molecule has 20 heavy (non-hydrogen) atoms. The highest BCUT2D eigenvalue weighted by Crippen LogP contribution is 2.26. The van der Waals surface area contributed by atoms with Gasteiger partial charge in [0.25, 0.3) is 0 Å². The molecule has 3 aromatic rings. The summed E-state index contributed by atoms with van der Waals surface area (Å²) in [6.45, 7) is 2.01. The Labute approximate surface area is 121 Å². The lowest BCUT2D eigenvalue weighted by atomic mass is 10.1. The van der Waals surface area contributed by atoms with Crippen LogP contribution in [0.2, 0.25) is 0 Å². The van der Waals surface area contributed by atoms with Crippen LogP contribution in [0.1, 0.15) is 5.56 Å². The van der Waals surface area contributed by atoms with E-state index in [-0.39, 0.29) is 0 Å². The predicted molar refractivity (Wildman–Crippen MR) is 84.1 cm³/mol. The number of benzene rings is 2. The van der Waals surface area contributed by atoms with E-state index in [2.05, 4.69) is 0 Å². The van der Waals surface area contributed by atoms with Crippen molar-refractivity contribution >= 4 is 17.0 Å². The Balaban J connectivity index is 2.25. The van der Waals surface area contributed by atoms with Gasteiger partial charge in [0.1, 0.15) is 0 Å². The Kier molecular flexibility index (Phi) is 3.16. The topological polar surface area (TPSA) is 54.8 Å². The standard InChI is InChI=1S/C16H15N3S/c1-11-7-8-14(13(17)9-11)19-15(10-20-16(19)18)12-5-3-2-4-6-12/h2-10,18H,17H2,1H3. The van der Waals surface area contributed by atoms with Crippen molar-refractivity contribution in [1.82, 2.24) is 4.57 Å². The van der Waals surface area contributed by atoms with Gasteiger partial charge in [-0.3, -0.25) is 9.98 Å². The van der Waals surface area contributed by atoms with Gasteiger partial charge >= 0.3 is 0 Å². The first-order valence-corrected chi connectivity index (χ1v) is 7.22. The van der Waals surface area contributed by atoms with Crippen LogP contribution in [0, 0.1) is 12.3 Å². The zero-order valence-corrected chi connectivity index (χ0v) is 11.9. The maximum absolute atomic E-state index is 8.15. The number of thiazole rings is 1. The Morgan fingerprint density at radius 3 is 2.55 bits per heavy atom. The minimum Gasteiger partial charge on any atom is -0.397 e. The summed E-state index contributed by atoms with van der Waals surface area (Å²) in [5, 5.41) is 10.2. The Morgan fingerprint density at radius 2 is 1.85 bits per heavy atom. The molecular weight excluding hydrogens is 266 g/mol. The summed E-state index contributed by atoms with van der Waals surface area (Å²) >= 11 is 1.41. The summed E-state index contributed by atoms with van der Waals surface area (Å²) in [5.41, 5.74) is 10.9. The maximum Gasteiger partial charge on any atom is 0.187 e. The van der Waals surface area contributed by atoms with Crippen LogP contribution in [0.5, 0.6) is 0 Å². The molecule has 0 unspecified atom stereocenters. The summed E-state index contributed by atoms with van der Waals surface area (Å²) in [6, 6.07) is 16.0. The van der Waals surface area contributed by atoms with Crippen molar-refractivity contribution in [2.24, 2.45) is 0 Å². The van der Waals surface area contributed by atoms with E-state index in [1.54, 1.807) is 0 Å². The molecule has 0 fully saturated rings. The van der Waals surface area contributed by atoms with Gasteiger partial charge in [0.15, 0.2) is 4.80 Å². The fourth-order valence-corrected chi connectivity index (χ4v) is 3.02. The molecule has 0 saturated heterocycles. The first-order valence-electron chi connectivity index (χ1n) is 6.34.